The maximum atomic E-state index is 11.6. The average molecular weight is 233 g/mol. The Morgan fingerprint density at radius 3 is 2.88 bits per heavy atom. The number of aromatic nitrogens is 2. The highest BCUT2D eigenvalue weighted by Gasteiger charge is 2.05. The van der Waals surface area contributed by atoms with Crippen LogP contribution in [0.25, 0.3) is 0 Å². The molecule has 0 fully saturated rings. The van der Waals surface area contributed by atoms with Gasteiger partial charge < -0.3 is 5.32 Å². The van der Waals surface area contributed by atoms with Crippen LogP contribution in [0.5, 0.6) is 0 Å². The van der Waals surface area contributed by atoms with Gasteiger partial charge in [-0.25, -0.2) is 0 Å². The molecule has 1 N–H and O–H groups in total. The Labute approximate surface area is 102 Å². The number of rotatable bonds is 6. The summed E-state index contributed by atoms with van der Waals surface area (Å²) in [6, 6.07) is 1.96. The quantitative estimate of drug-likeness (QED) is 0.596. The van der Waals surface area contributed by atoms with Gasteiger partial charge in [0.2, 0.25) is 5.91 Å². The summed E-state index contributed by atoms with van der Waals surface area (Å²) in [6.07, 6.45) is 7.79. The van der Waals surface area contributed by atoms with Gasteiger partial charge in [0.25, 0.3) is 0 Å². The summed E-state index contributed by atoms with van der Waals surface area (Å²) in [5, 5.41) is 7.10. The van der Waals surface area contributed by atoms with Gasteiger partial charge in [-0.05, 0) is 32.8 Å². The first kappa shape index (κ1) is 13.3. The van der Waals surface area contributed by atoms with Crippen LogP contribution in [0.4, 0.5) is 0 Å². The van der Waals surface area contributed by atoms with Crippen LogP contribution in [0.3, 0.4) is 0 Å². The third kappa shape index (κ3) is 4.73. The van der Waals surface area contributed by atoms with Crippen molar-refractivity contribution in [1.29, 1.82) is 0 Å². The van der Waals surface area contributed by atoms with Gasteiger partial charge in [-0.15, -0.1) is 12.3 Å². The van der Waals surface area contributed by atoms with E-state index in [-0.39, 0.29) is 12.5 Å². The number of carbonyl (C=O) groups is 1. The first-order chi connectivity index (χ1) is 8.13. The van der Waals surface area contributed by atoms with Crippen molar-refractivity contribution in [3.63, 3.8) is 0 Å². The summed E-state index contributed by atoms with van der Waals surface area (Å²) >= 11 is 0. The molecule has 0 atom stereocenters. The van der Waals surface area contributed by atoms with Crippen molar-refractivity contribution in [2.24, 2.45) is 0 Å². The molecule has 1 aromatic rings. The van der Waals surface area contributed by atoms with Crippen LogP contribution in [-0.2, 0) is 11.3 Å². The molecule has 0 aliphatic carbocycles. The van der Waals surface area contributed by atoms with E-state index in [0.29, 0.717) is 6.54 Å². The summed E-state index contributed by atoms with van der Waals surface area (Å²) in [6.45, 7) is 4.83. The molecular formula is C13H19N3O. The Balaban J connectivity index is 2.26. The van der Waals surface area contributed by atoms with Gasteiger partial charge in [0, 0.05) is 18.7 Å². The van der Waals surface area contributed by atoms with Crippen LogP contribution >= 0.6 is 0 Å². The van der Waals surface area contributed by atoms with Crippen LogP contribution in [0.15, 0.2) is 6.07 Å². The van der Waals surface area contributed by atoms with E-state index in [1.165, 1.54) is 0 Å². The molecule has 1 heterocycles. The predicted octanol–water partition coefficient (Wildman–Crippen LogP) is 1.42. The zero-order valence-electron chi connectivity index (χ0n) is 10.5. The Morgan fingerprint density at radius 2 is 2.29 bits per heavy atom. The van der Waals surface area contributed by atoms with Crippen LogP contribution in [-0.4, -0.2) is 22.2 Å². The minimum absolute atomic E-state index is 0.00286. The van der Waals surface area contributed by atoms with E-state index in [2.05, 4.69) is 16.3 Å². The number of unbranched alkanes of at least 4 members (excludes halogenated alkanes) is 2. The lowest BCUT2D eigenvalue weighted by Gasteiger charge is -2.06. The monoisotopic (exact) mass is 233 g/mol. The van der Waals surface area contributed by atoms with Gasteiger partial charge in [-0.1, -0.05) is 0 Å². The molecule has 1 aromatic heterocycles. The molecule has 0 spiro atoms. The fourth-order valence-electron chi connectivity index (χ4n) is 1.61. The SMILES string of the molecule is C#CCCCCNC(=O)Cn1nc(C)cc1C. The molecule has 0 aromatic carbocycles. The first-order valence-electron chi connectivity index (χ1n) is 5.84. The number of hydrogen-bond donors (Lipinski definition) is 1. The number of carbonyl (C=O) groups excluding carboxylic acids is 1. The molecule has 0 saturated heterocycles. The molecule has 0 bridgehead atoms. The normalized spacial score (nSPS) is 9.94. The first-order valence-corrected chi connectivity index (χ1v) is 5.84. The Hall–Kier alpha value is -1.76. The topological polar surface area (TPSA) is 46.9 Å². The summed E-state index contributed by atoms with van der Waals surface area (Å²) < 4.78 is 1.71. The summed E-state index contributed by atoms with van der Waals surface area (Å²) in [5.74, 6) is 2.58. The zero-order chi connectivity index (χ0) is 12.7. The van der Waals surface area contributed by atoms with E-state index < -0.39 is 0 Å². The molecule has 0 saturated carbocycles. The van der Waals surface area contributed by atoms with Gasteiger partial charge in [0.15, 0.2) is 0 Å². The molecular weight excluding hydrogens is 214 g/mol. The van der Waals surface area contributed by atoms with E-state index in [1.54, 1.807) is 4.68 Å². The lowest BCUT2D eigenvalue weighted by atomic mass is 10.2. The molecule has 0 aliphatic rings. The summed E-state index contributed by atoms with van der Waals surface area (Å²) in [5.41, 5.74) is 1.94. The van der Waals surface area contributed by atoms with Crippen LogP contribution in [0, 0.1) is 26.2 Å². The molecule has 4 nitrogen and oxygen atoms in total. The highest BCUT2D eigenvalue weighted by Crippen LogP contribution is 2.01. The molecule has 0 aliphatic heterocycles. The smallest absolute Gasteiger partial charge is 0.241 e. The third-order valence-electron chi connectivity index (χ3n) is 2.47. The van der Waals surface area contributed by atoms with Gasteiger partial charge in [-0.3, -0.25) is 9.48 Å². The second-order valence-electron chi connectivity index (χ2n) is 4.10. The standard InChI is InChI=1S/C13H19N3O/c1-4-5-6-7-8-14-13(17)10-16-12(3)9-11(2)15-16/h1,9H,5-8,10H2,2-3H3,(H,14,17). The maximum Gasteiger partial charge on any atom is 0.241 e. The highest BCUT2D eigenvalue weighted by molar-refractivity contribution is 5.75. The highest BCUT2D eigenvalue weighted by atomic mass is 16.2. The summed E-state index contributed by atoms with van der Waals surface area (Å²) in [4.78, 5) is 11.6. The third-order valence-corrected chi connectivity index (χ3v) is 2.47. The van der Waals surface area contributed by atoms with Crippen molar-refractivity contribution in [1.82, 2.24) is 15.1 Å². The van der Waals surface area contributed by atoms with Crippen molar-refractivity contribution in [3.8, 4) is 12.3 Å². The lowest BCUT2D eigenvalue weighted by molar-refractivity contribution is -0.121. The van der Waals surface area contributed by atoms with Crippen LogP contribution < -0.4 is 5.32 Å². The van der Waals surface area contributed by atoms with Crippen LogP contribution in [0.2, 0.25) is 0 Å². The van der Waals surface area contributed by atoms with E-state index in [0.717, 1.165) is 30.7 Å². The van der Waals surface area contributed by atoms with Crippen molar-refractivity contribution in [2.45, 2.75) is 39.7 Å². The van der Waals surface area contributed by atoms with Crippen molar-refractivity contribution >= 4 is 5.91 Å². The fraction of sp³-hybridized carbons (Fsp3) is 0.538. The van der Waals surface area contributed by atoms with Crippen molar-refractivity contribution < 1.29 is 4.79 Å². The molecule has 17 heavy (non-hydrogen) atoms. The van der Waals surface area contributed by atoms with E-state index >= 15 is 0 Å². The van der Waals surface area contributed by atoms with Crippen molar-refractivity contribution in [3.05, 3.63) is 17.5 Å². The Kier molecular flexibility index (Phi) is 5.28. The number of aryl methyl sites for hydroxylation is 2. The molecule has 92 valence electrons. The number of nitrogens with zero attached hydrogens (tertiary/aromatic N) is 2. The van der Waals surface area contributed by atoms with Gasteiger partial charge in [-0.2, -0.15) is 5.10 Å². The number of nitrogens with one attached hydrogen (secondary N) is 1. The zero-order valence-corrected chi connectivity index (χ0v) is 10.5. The average Bonchev–Trinajstić information content (AvgIpc) is 2.57. The number of terminal acetylenes is 1. The molecule has 4 heteroatoms. The Bertz CT molecular complexity index is 415. The summed E-state index contributed by atoms with van der Waals surface area (Å²) in [7, 11) is 0. The second-order valence-corrected chi connectivity index (χ2v) is 4.10. The lowest BCUT2D eigenvalue weighted by Crippen LogP contribution is -2.29. The van der Waals surface area contributed by atoms with Gasteiger partial charge in [0.1, 0.15) is 6.54 Å². The molecule has 1 rings (SSSR count). The maximum absolute atomic E-state index is 11.6. The fourth-order valence-corrected chi connectivity index (χ4v) is 1.61. The van der Waals surface area contributed by atoms with Crippen molar-refractivity contribution in [2.75, 3.05) is 6.54 Å². The molecule has 0 unspecified atom stereocenters. The van der Waals surface area contributed by atoms with E-state index in [4.69, 9.17) is 6.42 Å². The Morgan fingerprint density at radius 1 is 1.53 bits per heavy atom. The minimum atomic E-state index is -0.00286. The van der Waals surface area contributed by atoms with E-state index in [9.17, 15) is 4.79 Å². The molecule has 0 radical (unpaired) electrons. The minimum Gasteiger partial charge on any atom is -0.354 e. The molecule has 1 amide bonds. The van der Waals surface area contributed by atoms with Crippen LogP contribution in [0.1, 0.15) is 30.7 Å². The number of hydrogen-bond acceptors (Lipinski definition) is 2. The van der Waals surface area contributed by atoms with Gasteiger partial charge >= 0.3 is 0 Å². The van der Waals surface area contributed by atoms with E-state index in [1.807, 2.05) is 19.9 Å². The number of amides is 1. The van der Waals surface area contributed by atoms with Gasteiger partial charge in [0.05, 0.1) is 5.69 Å². The predicted molar refractivity (Wildman–Crippen MR) is 67.4 cm³/mol. The second kappa shape index (κ2) is 6.74. The largest absolute Gasteiger partial charge is 0.354 e.